The average molecular weight is 537 g/mol. The highest BCUT2D eigenvalue weighted by Gasteiger charge is 2.37. The van der Waals surface area contributed by atoms with Crippen molar-refractivity contribution < 1.29 is 23.9 Å². The van der Waals surface area contributed by atoms with E-state index < -0.39 is 11.5 Å². The molecule has 0 aromatic heterocycles. The number of hydrogen-bond donors (Lipinski definition) is 3. The number of nitrogens with zero attached hydrogens (tertiary/aromatic N) is 3. The van der Waals surface area contributed by atoms with Crippen LogP contribution in [0, 0.1) is 5.41 Å². The van der Waals surface area contributed by atoms with Gasteiger partial charge in [-0.05, 0) is 71.2 Å². The third kappa shape index (κ3) is 6.47. The smallest absolute Gasteiger partial charge is 0.410 e. The van der Waals surface area contributed by atoms with Gasteiger partial charge in [0, 0.05) is 49.9 Å². The number of amides is 3. The van der Waals surface area contributed by atoms with Gasteiger partial charge >= 0.3 is 6.09 Å². The van der Waals surface area contributed by atoms with E-state index in [0.717, 1.165) is 11.8 Å². The van der Waals surface area contributed by atoms with Crippen LogP contribution in [-0.2, 0) is 16.1 Å². The molecule has 1 aromatic carbocycles. The number of nitrogens with one attached hydrogen (secondary N) is 3. The van der Waals surface area contributed by atoms with Crippen LogP contribution in [0.25, 0.3) is 0 Å². The minimum absolute atomic E-state index is 0.0198. The highest BCUT2D eigenvalue weighted by atomic mass is 16.6. The minimum atomic E-state index is -0.559. The molecule has 0 bridgehead atoms. The summed E-state index contributed by atoms with van der Waals surface area (Å²) in [6, 6.07) is 3.43. The Hall–Kier alpha value is -4.15. The zero-order chi connectivity index (χ0) is 28.3. The van der Waals surface area contributed by atoms with E-state index in [1.807, 2.05) is 39.5 Å². The van der Waals surface area contributed by atoms with Crippen LogP contribution in [0.2, 0.25) is 0 Å². The molecule has 1 aromatic rings. The Labute approximate surface area is 228 Å². The van der Waals surface area contributed by atoms with Gasteiger partial charge in [-0.1, -0.05) is 0 Å². The number of anilines is 1. The number of piperidine rings is 1. The number of fused-ring (bicyclic) bond motifs is 1. The molecule has 0 saturated carbocycles. The van der Waals surface area contributed by atoms with Crippen LogP contribution in [-0.4, -0.2) is 71.0 Å². The lowest BCUT2D eigenvalue weighted by molar-refractivity contribution is -0.112. The van der Waals surface area contributed by atoms with Crippen molar-refractivity contribution in [2.45, 2.75) is 71.8 Å². The fraction of sp³-hybridized carbons (Fsp3) is 0.464. The fourth-order valence-corrected chi connectivity index (χ4v) is 4.70. The first kappa shape index (κ1) is 27.9. The molecule has 1 saturated heterocycles. The topological polar surface area (TPSA) is 136 Å². The average Bonchev–Trinajstić information content (AvgIpc) is 3.19. The van der Waals surface area contributed by atoms with Gasteiger partial charge in [0.1, 0.15) is 17.2 Å². The number of likely N-dealkylation sites (tertiary alicyclic amines) is 1. The van der Waals surface area contributed by atoms with Crippen molar-refractivity contribution in [3.8, 4) is 5.75 Å². The summed E-state index contributed by atoms with van der Waals surface area (Å²) in [4.78, 5) is 46.6. The summed E-state index contributed by atoms with van der Waals surface area (Å²) < 4.78 is 11.5. The van der Waals surface area contributed by atoms with Crippen molar-refractivity contribution in [2.24, 2.45) is 4.99 Å². The van der Waals surface area contributed by atoms with Crippen LogP contribution in [0.1, 0.15) is 63.4 Å². The van der Waals surface area contributed by atoms with E-state index in [9.17, 15) is 14.4 Å². The number of benzene rings is 1. The van der Waals surface area contributed by atoms with Gasteiger partial charge in [0.2, 0.25) is 0 Å². The number of aliphatic imine (C=N–C) groups is 1. The minimum Gasteiger partial charge on any atom is -0.489 e. The summed E-state index contributed by atoms with van der Waals surface area (Å²) >= 11 is 0. The highest BCUT2D eigenvalue weighted by molar-refractivity contribution is 6.18. The first-order valence-corrected chi connectivity index (χ1v) is 13.1. The van der Waals surface area contributed by atoms with Gasteiger partial charge in [-0.3, -0.25) is 9.59 Å². The molecule has 3 N–H and O–H groups in total. The van der Waals surface area contributed by atoms with Crippen molar-refractivity contribution in [1.82, 2.24) is 15.1 Å². The van der Waals surface area contributed by atoms with Crippen LogP contribution in [0.3, 0.4) is 0 Å². The maximum absolute atomic E-state index is 13.4. The molecule has 0 radical (unpaired) electrons. The molecule has 0 spiro atoms. The molecule has 3 aliphatic rings. The molecule has 4 rings (SSSR count). The van der Waals surface area contributed by atoms with Gasteiger partial charge in [0.25, 0.3) is 11.8 Å². The van der Waals surface area contributed by atoms with E-state index in [-0.39, 0.29) is 35.5 Å². The van der Waals surface area contributed by atoms with Crippen molar-refractivity contribution in [2.75, 3.05) is 18.4 Å². The quantitative estimate of drug-likeness (QED) is 0.374. The summed E-state index contributed by atoms with van der Waals surface area (Å²) in [6.45, 7) is 10.7. The third-order valence-corrected chi connectivity index (χ3v) is 6.46. The number of ether oxygens (including phenoxy) is 2. The molecule has 3 amide bonds. The van der Waals surface area contributed by atoms with E-state index in [1.165, 1.54) is 6.21 Å². The molecule has 39 heavy (non-hydrogen) atoms. The molecule has 3 heterocycles. The molecule has 0 atom stereocenters. The maximum Gasteiger partial charge on any atom is 0.410 e. The fourth-order valence-electron chi connectivity index (χ4n) is 4.70. The van der Waals surface area contributed by atoms with Gasteiger partial charge in [0.05, 0.1) is 17.4 Å². The second-order valence-corrected chi connectivity index (χ2v) is 10.9. The maximum atomic E-state index is 13.4. The summed E-state index contributed by atoms with van der Waals surface area (Å²) in [5.74, 6) is 0.0178. The van der Waals surface area contributed by atoms with E-state index in [2.05, 4.69) is 15.6 Å². The molecule has 1 fully saturated rings. The summed E-state index contributed by atoms with van der Waals surface area (Å²) in [5.41, 5.74) is 1.23. The summed E-state index contributed by atoms with van der Waals surface area (Å²) in [7, 11) is 0. The van der Waals surface area contributed by atoms with E-state index in [0.29, 0.717) is 49.5 Å². The molecule has 11 nitrogen and oxygen atoms in total. The van der Waals surface area contributed by atoms with E-state index in [1.54, 1.807) is 29.3 Å². The number of carbonyl (C=O) groups excluding carboxylic acids is 3. The largest absolute Gasteiger partial charge is 0.489 e. The van der Waals surface area contributed by atoms with Crippen LogP contribution in [0.4, 0.5) is 10.5 Å². The molecular formula is C28H36N6O5. The first-order chi connectivity index (χ1) is 18.5. The number of hydrogen-bond acceptors (Lipinski definition) is 8. The lowest BCUT2D eigenvalue weighted by Crippen LogP contribution is -2.48. The Morgan fingerprint density at radius 2 is 1.95 bits per heavy atom. The van der Waals surface area contributed by atoms with Gasteiger partial charge in [-0.2, -0.15) is 0 Å². The third-order valence-electron chi connectivity index (χ3n) is 6.46. The van der Waals surface area contributed by atoms with E-state index >= 15 is 0 Å². The van der Waals surface area contributed by atoms with Gasteiger partial charge in [0.15, 0.2) is 0 Å². The Morgan fingerprint density at radius 3 is 2.54 bits per heavy atom. The van der Waals surface area contributed by atoms with Crippen molar-refractivity contribution >= 4 is 36.0 Å². The van der Waals surface area contributed by atoms with Gasteiger partial charge < -0.3 is 35.3 Å². The van der Waals surface area contributed by atoms with Crippen molar-refractivity contribution in [1.29, 1.82) is 5.41 Å². The predicted octanol–water partition coefficient (Wildman–Crippen LogP) is 3.82. The monoisotopic (exact) mass is 536 g/mol. The van der Waals surface area contributed by atoms with Crippen molar-refractivity contribution in [3.05, 3.63) is 46.9 Å². The first-order valence-electron chi connectivity index (χ1n) is 13.1. The molecule has 0 unspecified atom stereocenters. The van der Waals surface area contributed by atoms with E-state index in [4.69, 9.17) is 14.9 Å². The normalized spacial score (nSPS) is 18.6. The molecular weight excluding hydrogens is 500 g/mol. The lowest BCUT2D eigenvalue weighted by atomic mass is 10.0. The van der Waals surface area contributed by atoms with Crippen LogP contribution in [0.5, 0.6) is 5.75 Å². The summed E-state index contributed by atoms with van der Waals surface area (Å²) in [5, 5.41) is 13.4. The molecule has 11 heteroatoms. The Morgan fingerprint density at radius 1 is 1.23 bits per heavy atom. The number of allylic oxidation sites excluding steroid dienone is 1. The standard InChI is InChI=1S/C28H36N6O5/c1-17(2)38-23-14-20-18(13-22(23)32-25(35)21(15-29)24-30-9-6-10-31-24)16-34(26(20)36)19-7-11-33(12-8-19)27(37)39-28(3,4)5/h6,9-10,13-15,17,19,29-30H,7-8,11-12,16H2,1-5H3,(H,32,35)/b24-21-,29-15?. The SMILES string of the molecule is CC(C)Oc1cc2c(cc1NC(=O)/C(C=N)=C1\N=CC=CN1)CN(C1CCN(C(=O)OC(C)(C)C)CC1)C2=O. The highest BCUT2D eigenvalue weighted by Crippen LogP contribution is 2.36. The van der Waals surface area contributed by atoms with Crippen LogP contribution >= 0.6 is 0 Å². The second-order valence-electron chi connectivity index (χ2n) is 10.9. The summed E-state index contributed by atoms with van der Waals surface area (Å²) in [6.07, 6.45) is 6.55. The van der Waals surface area contributed by atoms with Crippen LogP contribution in [0.15, 0.2) is 40.8 Å². The Bertz CT molecular complexity index is 1250. The van der Waals surface area contributed by atoms with Gasteiger partial charge in [-0.15, -0.1) is 0 Å². The van der Waals surface area contributed by atoms with Gasteiger partial charge in [-0.25, -0.2) is 9.79 Å². The van der Waals surface area contributed by atoms with Crippen LogP contribution < -0.4 is 15.4 Å². The zero-order valence-electron chi connectivity index (χ0n) is 23.0. The zero-order valence-corrected chi connectivity index (χ0v) is 23.0. The van der Waals surface area contributed by atoms with Crippen molar-refractivity contribution in [3.63, 3.8) is 0 Å². The molecule has 208 valence electrons. The Balaban J connectivity index is 1.51. The predicted molar refractivity (Wildman–Crippen MR) is 148 cm³/mol. The lowest BCUT2D eigenvalue weighted by Gasteiger charge is -2.37. The second kappa shape index (κ2) is 11.3. The molecule has 0 aliphatic carbocycles. The molecule has 3 aliphatic heterocycles. The Kier molecular flexibility index (Phi) is 8.08. The number of rotatable bonds is 6. The number of carbonyl (C=O) groups is 3.